The van der Waals surface area contributed by atoms with Crippen molar-refractivity contribution < 1.29 is 14.3 Å². The zero-order chi connectivity index (χ0) is 11.3. The number of hydrogen-bond donors (Lipinski definition) is 0. The van der Waals surface area contributed by atoms with Gasteiger partial charge in [-0.2, -0.15) is 0 Å². The lowest BCUT2D eigenvalue weighted by Gasteiger charge is -2.10. The molecular weight excluding hydrogens is 192 g/mol. The van der Waals surface area contributed by atoms with Crippen LogP contribution in [0.25, 0.3) is 0 Å². The molecule has 1 aromatic carbocycles. The number of carbonyl (C=O) groups excluding carboxylic acids is 1. The van der Waals surface area contributed by atoms with Gasteiger partial charge in [0.25, 0.3) is 0 Å². The molecule has 0 aromatic heterocycles. The van der Waals surface area contributed by atoms with Crippen LogP contribution in [0.3, 0.4) is 0 Å². The lowest BCUT2D eigenvalue weighted by atomic mass is 10.0. The normalized spacial score (nSPS) is 9.47. The summed E-state index contributed by atoms with van der Waals surface area (Å²) in [7, 11) is 2.93. The van der Waals surface area contributed by atoms with Crippen LogP contribution in [0.5, 0.6) is 5.75 Å². The first-order valence-electron chi connectivity index (χ1n) is 4.59. The zero-order valence-electron chi connectivity index (χ0n) is 8.95. The molecule has 0 radical (unpaired) electrons. The molecule has 0 bridgehead atoms. The van der Waals surface area contributed by atoms with Crippen molar-refractivity contribution in [2.75, 3.05) is 14.2 Å². The first kappa shape index (κ1) is 11.3. The highest BCUT2D eigenvalue weighted by atomic mass is 16.5. The number of rotatable bonds is 4. The molecule has 0 amide bonds. The van der Waals surface area contributed by atoms with E-state index >= 15 is 0 Å². The number of hydrogen-bond acceptors (Lipinski definition) is 3. The fourth-order valence-electron chi connectivity index (χ4n) is 1.41. The third kappa shape index (κ3) is 2.37. The summed E-state index contributed by atoms with van der Waals surface area (Å²) >= 11 is 0. The number of benzene rings is 1. The van der Waals surface area contributed by atoms with E-state index in [4.69, 9.17) is 9.47 Å². The molecule has 0 saturated carbocycles. The van der Waals surface area contributed by atoms with Gasteiger partial charge < -0.3 is 9.47 Å². The summed E-state index contributed by atoms with van der Waals surface area (Å²) in [6, 6.07) is 5.29. The van der Waals surface area contributed by atoms with Crippen LogP contribution in [-0.2, 0) is 11.2 Å². The Hall–Kier alpha value is -1.77. The van der Waals surface area contributed by atoms with Crippen LogP contribution in [-0.4, -0.2) is 20.2 Å². The van der Waals surface area contributed by atoms with Crippen LogP contribution < -0.4 is 4.74 Å². The number of methoxy groups -OCH3 is 2. The molecule has 0 spiro atoms. The van der Waals surface area contributed by atoms with Crippen molar-refractivity contribution >= 4 is 5.97 Å². The molecular formula is C12H14O3. The summed E-state index contributed by atoms with van der Waals surface area (Å²) in [5, 5.41) is 0. The van der Waals surface area contributed by atoms with Crippen LogP contribution in [0.1, 0.15) is 15.9 Å². The van der Waals surface area contributed by atoms with E-state index in [2.05, 4.69) is 6.58 Å². The molecule has 0 aliphatic carbocycles. The van der Waals surface area contributed by atoms with Crippen LogP contribution in [0, 0.1) is 0 Å². The van der Waals surface area contributed by atoms with E-state index in [0.29, 0.717) is 17.7 Å². The minimum Gasteiger partial charge on any atom is -0.496 e. The molecule has 15 heavy (non-hydrogen) atoms. The van der Waals surface area contributed by atoms with Gasteiger partial charge in [-0.05, 0) is 18.6 Å². The largest absolute Gasteiger partial charge is 0.496 e. The molecule has 80 valence electrons. The SMILES string of the molecule is C=CCc1c(OC)cccc1C(=O)OC. The molecule has 0 saturated heterocycles. The molecule has 0 fully saturated rings. The van der Waals surface area contributed by atoms with Gasteiger partial charge in [-0.25, -0.2) is 4.79 Å². The zero-order valence-corrected chi connectivity index (χ0v) is 8.95. The van der Waals surface area contributed by atoms with Gasteiger partial charge >= 0.3 is 5.97 Å². The van der Waals surface area contributed by atoms with Gasteiger partial charge in [0.1, 0.15) is 5.75 Å². The smallest absolute Gasteiger partial charge is 0.338 e. The Balaban J connectivity index is 3.24. The van der Waals surface area contributed by atoms with Crippen LogP contribution in [0.2, 0.25) is 0 Å². The Bertz CT molecular complexity index is 369. The lowest BCUT2D eigenvalue weighted by Crippen LogP contribution is -2.06. The van der Waals surface area contributed by atoms with E-state index in [1.54, 1.807) is 25.3 Å². The second kappa shape index (κ2) is 5.20. The molecule has 0 aliphatic heterocycles. The Labute approximate surface area is 89.3 Å². The molecule has 3 heteroatoms. The van der Waals surface area contributed by atoms with Crippen molar-refractivity contribution in [3.8, 4) is 5.75 Å². The summed E-state index contributed by atoms with van der Waals surface area (Å²) in [6.45, 7) is 3.65. The summed E-state index contributed by atoms with van der Waals surface area (Å²) in [4.78, 5) is 11.5. The summed E-state index contributed by atoms with van der Waals surface area (Å²) in [5.74, 6) is 0.323. The van der Waals surface area contributed by atoms with Gasteiger partial charge in [0.05, 0.1) is 19.8 Å². The fourth-order valence-corrected chi connectivity index (χ4v) is 1.41. The average Bonchev–Trinajstić information content (AvgIpc) is 2.28. The van der Waals surface area contributed by atoms with E-state index in [-0.39, 0.29) is 5.97 Å². The molecule has 1 aromatic rings. The van der Waals surface area contributed by atoms with E-state index in [1.165, 1.54) is 7.11 Å². The highest BCUT2D eigenvalue weighted by molar-refractivity contribution is 5.91. The molecule has 1 rings (SSSR count). The van der Waals surface area contributed by atoms with Crippen molar-refractivity contribution in [1.82, 2.24) is 0 Å². The highest BCUT2D eigenvalue weighted by Crippen LogP contribution is 2.23. The highest BCUT2D eigenvalue weighted by Gasteiger charge is 2.14. The maximum atomic E-state index is 11.5. The maximum absolute atomic E-state index is 11.5. The van der Waals surface area contributed by atoms with Crippen molar-refractivity contribution in [2.24, 2.45) is 0 Å². The quantitative estimate of drug-likeness (QED) is 0.559. The fraction of sp³-hybridized carbons (Fsp3) is 0.250. The third-order valence-corrected chi connectivity index (χ3v) is 2.11. The number of allylic oxidation sites excluding steroid dienone is 1. The maximum Gasteiger partial charge on any atom is 0.338 e. The second-order valence-electron chi connectivity index (χ2n) is 2.97. The lowest BCUT2D eigenvalue weighted by molar-refractivity contribution is 0.0599. The van der Waals surface area contributed by atoms with Gasteiger partial charge in [0.2, 0.25) is 0 Å². The number of ether oxygens (including phenoxy) is 2. The average molecular weight is 206 g/mol. The van der Waals surface area contributed by atoms with Crippen molar-refractivity contribution in [2.45, 2.75) is 6.42 Å². The monoisotopic (exact) mass is 206 g/mol. The second-order valence-corrected chi connectivity index (χ2v) is 2.97. The predicted octanol–water partition coefficient (Wildman–Crippen LogP) is 2.21. The van der Waals surface area contributed by atoms with E-state index < -0.39 is 0 Å². The van der Waals surface area contributed by atoms with E-state index in [9.17, 15) is 4.79 Å². The van der Waals surface area contributed by atoms with Crippen molar-refractivity contribution in [1.29, 1.82) is 0 Å². The van der Waals surface area contributed by atoms with Crippen LogP contribution in [0.4, 0.5) is 0 Å². The molecule has 0 N–H and O–H groups in total. The van der Waals surface area contributed by atoms with E-state index in [1.807, 2.05) is 6.07 Å². The van der Waals surface area contributed by atoms with Gasteiger partial charge in [0, 0.05) is 5.56 Å². The van der Waals surface area contributed by atoms with Crippen molar-refractivity contribution in [3.05, 3.63) is 42.0 Å². The topological polar surface area (TPSA) is 35.5 Å². The predicted molar refractivity (Wildman–Crippen MR) is 58.2 cm³/mol. The van der Waals surface area contributed by atoms with Gasteiger partial charge in [-0.1, -0.05) is 12.1 Å². The Morgan fingerprint density at radius 1 is 1.47 bits per heavy atom. The Morgan fingerprint density at radius 3 is 2.73 bits per heavy atom. The standard InChI is InChI=1S/C12H14O3/c1-4-6-9-10(12(13)15-3)7-5-8-11(9)14-2/h4-5,7-8H,1,6H2,2-3H3. The molecule has 0 atom stereocenters. The summed E-state index contributed by atoms with van der Waals surface area (Å²) in [6.07, 6.45) is 2.30. The Kier molecular flexibility index (Phi) is 3.92. The molecule has 3 nitrogen and oxygen atoms in total. The van der Waals surface area contributed by atoms with Crippen LogP contribution >= 0.6 is 0 Å². The van der Waals surface area contributed by atoms with Gasteiger partial charge in [-0.3, -0.25) is 0 Å². The van der Waals surface area contributed by atoms with Crippen LogP contribution in [0.15, 0.2) is 30.9 Å². The number of esters is 1. The van der Waals surface area contributed by atoms with Gasteiger partial charge in [-0.15, -0.1) is 6.58 Å². The van der Waals surface area contributed by atoms with Gasteiger partial charge in [0.15, 0.2) is 0 Å². The number of carbonyl (C=O) groups is 1. The minimum absolute atomic E-state index is 0.356. The first-order valence-corrected chi connectivity index (χ1v) is 4.59. The minimum atomic E-state index is -0.356. The molecule has 0 unspecified atom stereocenters. The Morgan fingerprint density at radius 2 is 2.20 bits per heavy atom. The third-order valence-electron chi connectivity index (χ3n) is 2.11. The van der Waals surface area contributed by atoms with E-state index in [0.717, 1.165) is 5.56 Å². The molecule has 0 heterocycles. The summed E-state index contributed by atoms with van der Waals surface area (Å²) < 4.78 is 9.87. The summed E-state index contributed by atoms with van der Waals surface area (Å²) in [5.41, 5.74) is 1.33. The first-order chi connectivity index (χ1) is 7.24. The molecule has 0 aliphatic rings. The van der Waals surface area contributed by atoms with Crippen molar-refractivity contribution in [3.63, 3.8) is 0 Å².